The quantitative estimate of drug-likeness (QED) is 0.876. The molecule has 0 fully saturated rings. The van der Waals surface area contributed by atoms with Crippen molar-refractivity contribution >= 4 is 0 Å². The highest BCUT2D eigenvalue weighted by molar-refractivity contribution is 5.34. The van der Waals surface area contributed by atoms with E-state index < -0.39 is 0 Å². The van der Waals surface area contributed by atoms with Crippen LogP contribution in [-0.4, -0.2) is 17.0 Å². The smallest absolute Gasteiger partial charge is 0.148 e. The van der Waals surface area contributed by atoms with E-state index in [4.69, 9.17) is 4.74 Å². The summed E-state index contributed by atoms with van der Waals surface area (Å²) in [6, 6.07) is 8.18. The molecule has 2 aromatic rings. The van der Waals surface area contributed by atoms with Crippen LogP contribution in [0.3, 0.4) is 0 Å². The Hall–Kier alpha value is -1.94. The van der Waals surface area contributed by atoms with E-state index in [-0.39, 0.29) is 6.04 Å². The highest BCUT2D eigenvalue weighted by Crippen LogP contribution is 2.25. The van der Waals surface area contributed by atoms with Gasteiger partial charge in [-0.1, -0.05) is 13.8 Å². The average Bonchev–Trinajstić information content (AvgIpc) is 2.52. The molecule has 2 aromatic heterocycles. The van der Waals surface area contributed by atoms with E-state index in [0.29, 0.717) is 0 Å². The zero-order valence-electron chi connectivity index (χ0n) is 13.2. The van der Waals surface area contributed by atoms with Gasteiger partial charge in [0, 0.05) is 11.7 Å². The molecule has 4 nitrogen and oxygen atoms in total. The number of aromatic nitrogens is 2. The summed E-state index contributed by atoms with van der Waals surface area (Å²) >= 11 is 0. The number of ether oxygens (including phenoxy) is 1. The molecule has 1 atom stereocenters. The van der Waals surface area contributed by atoms with Crippen LogP contribution in [-0.2, 0) is 6.42 Å². The van der Waals surface area contributed by atoms with Crippen molar-refractivity contribution < 1.29 is 4.74 Å². The number of nitrogens with one attached hydrogen (secondary N) is 1. The van der Waals surface area contributed by atoms with E-state index in [1.165, 1.54) is 0 Å². The second-order valence-corrected chi connectivity index (χ2v) is 5.02. The maximum atomic E-state index is 5.91. The van der Waals surface area contributed by atoms with Crippen LogP contribution in [0.4, 0.5) is 0 Å². The minimum absolute atomic E-state index is 0.284. The van der Waals surface area contributed by atoms with E-state index in [0.717, 1.165) is 41.4 Å². The molecule has 21 heavy (non-hydrogen) atoms. The summed E-state index contributed by atoms with van der Waals surface area (Å²) < 4.78 is 5.91. The van der Waals surface area contributed by atoms with Crippen molar-refractivity contribution in [3.63, 3.8) is 0 Å². The third-order valence-corrected chi connectivity index (χ3v) is 3.51. The Labute approximate surface area is 126 Å². The van der Waals surface area contributed by atoms with Gasteiger partial charge >= 0.3 is 0 Å². The molecule has 112 valence electrons. The third kappa shape index (κ3) is 3.79. The second kappa shape index (κ2) is 7.18. The van der Waals surface area contributed by atoms with Gasteiger partial charge in [0.2, 0.25) is 0 Å². The molecule has 0 amide bonds. The second-order valence-electron chi connectivity index (χ2n) is 5.02. The number of rotatable bonds is 6. The molecule has 0 saturated carbocycles. The topological polar surface area (TPSA) is 47.0 Å². The molecule has 0 aromatic carbocycles. The van der Waals surface area contributed by atoms with E-state index in [9.17, 15) is 0 Å². The van der Waals surface area contributed by atoms with Crippen LogP contribution in [0, 0.1) is 6.92 Å². The lowest BCUT2D eigenvalue weighted by Crippen LogP contribution is -2.16. The van der Waals surface area contributed by atoms with Gasteiger partial charge in [0.05, 0.1) is 17.6 Å². The van der Waals surface area contributed by atoms with Crippen molar-refractivity contribution in [2.24, 2.45) is 0 Å². The fourth-order valence-corrected chi connectivity index (χ4v) is 2.29. The molecule has 0 bridgehead atoms. The van der Waals surface area contributed by atoms with Crippen molar-refractivity contribution in [3.05, 3.63) is 47.5 Å². The van der Waals surface area contributed by atoms with Gasteiger partial charge in [0.15, 0.2) is 0 Å². The first kappa shape index (κ1) is 15.4. The zero-order chi connectivity index (χ0) is 15.2. The van der Waals surface area contributed by atoms with Gasteiger partial charge in [-0.05, 0) is 51.1 Å². The Morgan fingerprint density at radius 3 is 2.57 bits per heavy atom. The highest BCUT2D eigenvalue weighted by Gasteiger charge is 2.09. The molecule has 0 aliphatic carbocycles. The van der Waals surface area contributed by atoms with E-state index in [1.807, 2.05) is 38.2 Å². The highest BCUT2D eigenvalue weighted by atomic mass is 16.5. The van der Waals surface area contributed by atoms with Crippen molar-refractivity contribution in [2.75, 3.05) is 7.05 Å². The fraction of sp³-hybridized carbons (Fsp3) is 0.412. The lowest BCUT2D eigenvalue weighted by molar-refractivity contribution is 0.468. The third-order valence-electron chi connectivity index (χ3n) is 3.51. The summed E-state index contributed by atoms with van der Waals surface area (Å²) in [6.45, 7) is 6.20. The minimum Gasteiger partial charge on any atom is -0.454 e. The Morgan fingerprint density at radius 1 is 1.19 bits per heavy atom. The molecule has 1 N–H and O–H groups in total. The maximum Gasteiger partial charge on any atom is 0.148 e. The molecule has 0 spiro atoms. The van der Waals surface area contributed by atoms with Crippen LogP contribution in [0.2, 0.25) is 0 Å². The molecular formula is C17H23N3O. The normalized spacial score (nSPS) is 12.2. The summed E-state index contributed by atoms with van der Waals surface area (Å²) in [5.41, 5.74) is 3.01. The van der Waals surface area contributed by atoms with Gasteiger partial charge in [0.25, 0.3) is 0 Å². The van der Waals surface area contributed by atoms with Crippen LogP contribution in [0.15, 0.2) is 30.5 Å². The van der Waals surface area contributed by atoms with E-state index in [1.54, 1.807) is 6.20 Å². The Bertz CT molecular complexity index is 577. The van der Waals surface area contributed by atoms with Gasteiger partial charge in [-0.15, -0.1) is 0 Å². The molecule has 4 heteroatoms. The summed E-state index contributed by atoms with van der Waals surface area (Å²) in [7, 11) is 1.95. The molecule has 1 unspecified atom stereocenters. The van der Waals surface area contributed by atoms with Crippen molar-refractivity contribution in [1.82, 2.24) is 15.3 Å². The van der Waals surface area contributed by atoms with Crippen molar-refractivity contribution in [3.8, 4) is 11.5 Å². The predicted octanol–water partition coefficient (Wildman–Crippen LogP) is 3.81. The molecule has 0 aliphatic heterocycles. The van der Waals surface area contributed by atoms with Crippen LogP contribution in [0.1, 0.15) is 43.4 Å². The monoisotopic (exact) mass is 285 g/mol. The Morgan fingerprint density at radius 2 is 2.00 bits per heavy atom. The fourth-order valence-electron chi connectivity index (χ4n) is 2.29. The van der Waals surface area contributed by atoms with Crippen LogP contribution in [0.5, 0.6) is 11.5 Å². The lowest BCUT2D eigenvalue weighted by Gasteiger charge is -2.14. The largest absolute Gasteiger partial charge is 0.454 e. The zero-order valence-corrected chi connectivity index (χ0v) is 13.2. The molecule has 2 heterocycles. The van der Waals surface area contributed by atoms with Gasteiger partial charge in [-0.25, -0.2) is 0 Å². The number of aryl methyl sites for hydroxylation is 2. The van der Waals surface area contributed by atoms with Gasteiger partial charge in [-0.2, -0.15) is 0 Å². The molecule has 2 rings (SSSR count). The Kier molecular flexibility index (Phi) is 5.28. The number of pyridine rings is 2. The Balaban J connectivity index is 2.17. The number of hydrogen-bond donors (Lipinski definition) is 1. The van der Waals surface area contributed by atoms with Gasteiger partial charge in [-0.3, -0.25) is 9.97 Å². The van der Waals surface area contributed by atoms with Crippen molar-refractivity contribution in [1.29, 1.82) is 0 Å². The SMILES string of the molecule is CCc1nc(C)ccc1Oc1ccc(C(CC)NC)nc1. The van der Waals surface area contributed by atoms with Crippen LogP contribution >= 0.6 is 0 Å². The van der Waals surface area contributed by atoms with E-state index in [2.05, 4.69) is 29.1 Å². The van der Waals surface area contributed by atoms with Gasteiger partial charge in [0.1, 0.15) is 11.5 Å². The molecule has 0 aliphatic rings. The molecule has 0 radical (unpaired) electrons. The maximum absolute atomic E-state index is 5.91. The standard InChI is InChI=1S/C17H23N3O/c1-5-14(18-4)16-9-8-13(11-19-16)21-17-10-7-12(3)20-15(17)6-2/h7-11,14,18H,5-6H2,1-4H3. The molecule has 0 saturated heterocycles. The number of hydrogen-bond acceptors (Lipinski definition) is 4. The summed E-state index contributed by atoms with van der Waals surface area (Å²) in [4.78, 5) is 8.99. The lowest BCUT2D eigenvalue weighted by atomic mass is 10.1. The minimum atomic E-state index is 0.284. The first-order valence-corrected chi connectivity index (χ1v) is 7.45. The summed E-state index contributed by atoms with van der Waals surface area (Å²) in [5.74, 6) is 1.54. The predicted molar refractivity (Wildman–Crippen MR) is 84.8 cm³/mol. The van der Waals surface area contributed by atoms with Crippen LogP contribution in [0.25, 0.3) is 0 Å². The first-order chi connectivity index (χ1) is 10.2. The first-order valence-electron chi connectivity index (χ1n) is 7.45. The van der Waals surface area contributed by atoms with Crippen molar-refractivity contribution in [2.45, 2.75) is 39.7 Å². The van der Waals surface area contributed by atoms with E-state index >= 15 is 0 Å². The average molecular weight is 285 g/mol. The van der Waals surface area contributed by atoms with Gasteiger partial charge < -0.3 is 10.1 Å². The summed E-state index contributed by atoms with van der Waals surface area (Å²) in [5, 5.41) is 3.25. The summed E-state index contributed by atoms with van der Waals surface area (Å²) in [6.07, 6.45) is 3.63. The molecular weight excluding hydrogens is 262 g/mol. The number of nitrogens with zero attached hydrogens (tertiary/aromatic N) is 2. The van der Waals surface area contributed by atoms with Crippen LogP contribution < -0.4 is 10.1 Å².